The molecule has 6 nitrogen and oxygen atoms in total. The molecule has 1 amide bonds. The summed E-state index contributed by atoms with van der Waals surface area (Å²) in [5.74, 6) is -1.08. The van der Waals surface area contributed by atoms with Crippen LogP contribution in [0.1, 0.15) is 29.5 Å². The van der Waals surface area contributed by atoms with Gasteiger partial charge in [0.2, 0.25) is 0 Å². The SMILES string of the molecule is CCc1ccc(C(=O)N2CCOCC2CC(=O)O)[nH]1. The summed E-state index contributed by atoms with van der Waals surface area (Å²) in [4.78, 5) is 27.8. The molecular weight excluding hydrogens is 248 g/mol. The number of carboxylic acids is 1. The fraction of sp³-hybridized carbons (Fsp3) is 0.538. The van der Waals surface area contributed by atoms with E-state index in [4.69, 9.17) is 9.84 Å². The van der Waals surface area contributed by atoms with E-state index >= 15 is 0 Å². The zero-order valence-corrected chi connectivity index (χ0v) is 10.9. The number of rotatable bonds is 4. The molecule has 1 atom stereocenters. The van der Waals surface area contributed by atoms with E-state index in [9.17, 15) is 9.59 Å². The van der Waals surface area contributed by atoms with Crippen LogP contribution in [0.25, 0.3) is 0 Å². The Hall–Kier alpha value is -1.82. The molecule has 1 aliphatic rings. The number of carboxylic acid groups (broad SMARTS) is 1. The van der Waals surface area contributed by atoms with Crippen LogP contribution in [0.15, 0.2) is 12.1 Å². The molecule has 1 aromatic rings. The van der Waals surface area contributed by atoms with Crippen molar-refractivity contribution in [2.24, 2.45) is 0 Å². The molecule has 1 aliphatic heterocycles. The summed E-state index contributed by atoms with van der Waals surface area (Å²) >= 11 is 0. The van der Waals surface area contributed by atoms with Crippen molar-refractivity contribution in [3.63, 3.8) is 0 Å². The lowest BCUT2D eigenvalue weighted by atomic mass is 10.1. The minimum Gasteiger partial charge on any atom is -0.481 e. The predicted molar refractivity (Wildman–Crippen MR) is 68.1 cm³/mol. The molecule has 1 saturated heterocycles. The van der Waals surface area contributed by atoms with Gasteiger partial charge in [-0.3, -0.25) is 9.59 Å². The molecule has 1 aromatic heterocycles. The van der Waals surface area contributed by atoms with Crippen LogP contribution in [0, 0.1) is 0 Å². The zero-order valence-electron chi connectivity index (χ0n) is 10.9. The minimum absolute atomic E-state index is 0.0902. The van der Waals surface area contributed by atoms with Gasteiger partial charge in [-0.2, -0.15) is 0 Å². The number of hydrogen-bond donors (Lipinski definition) is 2. The van der Waals surface area contributed by atoms with Crippen molar-refractivity contribution in [2.75, 3.05) is 19.8 Å². The van der Waals surface area contributed by atoms with Gasteiger partial charge in [-0.15, -0.1) is 0 Å². The quantitative estimate of drug-likeness (QED) is 0.848. The zero-order chi connectivity index (χ0) is 13.8. The van der Waals surface area contributed by atoms with Crippen molar-refractivity contribution in [1.29, 1.82) is 0 Å². The van der Waals surface area contributed by atoms with E-state index in [0.29, 0.717) is 18.8 Å². The second-order valence-electron chi connectivity index (χ2n) is 4.58. The maximum absolute atomic E-state index is 12.4. The van der Waals surface area contributed by atoms with E-state index in [1.165, 1.54) is 0 Å². The Kier molecular flexibility index (Phi) is 4.21. The van der Waals surface area contributed by atoms with Gasteiger partial charge in [0.25, 0.3) is 5.91 Å². The number of nitrogens with zero attached hydrogens (tertiary/aromatic N) is 1. The number of ether oxygens (including phenoxy) is 1. The summed E-state index contributed by atoms with van der Waals surface area (Å²) in [6.07, 6.45) is 0.738. The summed E-state index contributed by atoms with van der Waals surface area (Å²) < 4.78 is 5.26. The number of carbonyl (C=O) groups excluding carboxylic acids is 1. The van der Waals surface area contributed by atoms with E-state index < -0.39 is 12.0 Å². The monoisotopic (exact) mass is 266 g/mol. The van der Waals surface area contributed by atoms with Gasteiger partial charge in [-0.25, -0.2) is 0 Å². The summed E-state index contributed by atoms with van der Waals surface area (Å²) in [6, 6.07) is 3.22. The van der Waals surface area contributed by atoms with Crippen molar-refractivity contribution in [3.05, 3.63) is 23.5 Å². The highest BCUT2D eigenvalue weighted by Gasteiger charge is 2.30. The largest absolute Gasteiger partial charge is 0.481 e. The molecular formula is C13H18N2O4. The second-order valence-corrected chi connectivity index (χ2v) is 4.58. The first-order chi connectivity index (χ1) is 9.11. The van der Waals surface area contributed by atoms with Crippen LogP contribution >= 0.6 is 0 Å². The van der Waals surface area contributed by atoms with E-state index in [1.54, 1.807) is 11.0 Å². The third kappa shape index (κ3) is 3.14. The van der Waals surface area contributed by atoms with Gasteiger partial charge in [-0.05, 0) is 18.6 Å². The molecule has 6 heteroatoms. The Morgan fingerprint density at radius 1 is 1.53 bits per heavy atom. The van der Waals surface area contributed by atoms with Gasteiger partial charge in [-0.1, -0.05) is 6.92 Å². The Labute approximate surface area is 111 Å². The van der Waals surface area contributed by atoms with Crippen LogP contribution in [0.2, 0.25) is 0 Å². The third-order valence-electron chi connectivity index (χ3n) is 3.26. The Morgan fingerprint density at radius 2 is 2.32 bits per heavy atom. The van der Waals surface area contributed by atoms with E-state index in [0.717, 1.165) is 12.1 Å². The normalized spacial score (nSPS) is 19.4. The summed E-state index contributed by atoms with van der Waals surface area (Å²) in [6.45, 7) is 3.15. The Balaban J connectivity index is 2.12. The fourth-order valence-electron chi connectivity index (χ4n) is 2.22. The molecule has 0 spiro atoms. The van der Waals surface area contributed by atoms with E-state index in [-0.39, 0.29) is 18.9 Å². The molecule has 2 N–H and O–H groups in total. The molecule has 104 valence electrons. The van der Waals surface area contributed by atoms with Crippen molar-refractivity contribution in [2.45, 2.75) is 25.8 Å². The number of hydrogen-bond acceptors (Lipinski definition) is 3. The number of H-pyrrole nitrogens is 1. The molecule has 0 saturated carbocycles. The van der Waals surface area contributed by atoms with Gasteiger partial charge in [0, 0.05) is 12.2 Å². The lowest BCUT2D eigenvalue weighted by molar-refractivity contribution is -0.139. The Morgan fingerprint density at radius 3 is 2.95 bits per heavy atom. The van der Waals surface area contributed by atoms with Gasteiger partial charge in [0.05, 0.1) is 25.7 Å². The van der Waals surface area contributed by atoms with Crippen LogP contribution in [-0.4, -0.2) is 52.7 Å². The molecule has 2 rings (SSSR count). The number of carbonyl (C=O) groups is 2. The molecule has 1 unspecified atom stereocenters. The number of nitrogens with one attached hydrogen (secondary N) is 1. The predicted octanol–water partition coefficient (Wildman–Crippen LogP) is 0.893. The van der Waals surface area contributed by atoms with E-state index in [2.05, 4.69) is 4.98 Å². The lowest BCUT2D eigenvalue weighted by Crippen LogP contribution is -2.49. The van der Waals surface area contributed by atoms with Crippen LogP contribution < -0.4 is 0 Å². The van der Waals surface area contributed by atoms with Crippen LogP contribution in [-0.2, 0) is 16.0 Å². The highest BCUT2D eigenvalue weighted by atomic mass is 16.5. The summed E-state index contributed by atoms with van der Waals surface area (Å²) in [5.41, 5.74) is 1.50. The molecule has 0 aliphatic carbocycles. The molecule has 1 fully saturated rings. The summed E-state index contributed by atoms with van der Waals surface area (Å²) in [7, 11) is 0. The number of aromatic amines is 1. The van der Waals surface area contributed by atoms with Crippen molar-refractivity contribution in [1.82, 2.24) is 9.88 Å². The number of amides is 1. The van der Waals surface area contributed by atoms with Gasteiger partial charge < -0.3 is 19.7 Å². The van der Waals surface area contributed by atoms with E-state index in [1.807, 2.05) is 13.0 Å². The number of aromatic nitrogens is 1. The van der Waals surface area contributed by atoms with Gasteiger partial charge in [0.15, 0.2) is 0 Å². The molecule has 0 radical (unpaired) electrons. The number of aliphatic carboxylic acids is 1. The average molecular weight is 266 g/mol. The van der Waals surface area contributed by atoms with Crippen LogP contribution in [0.5, 0.6) is 0 Å². The average Bonchev–Trinajstić information content (AvgIpc) is 2.86. The second kappa shape index (κ2) is 5.88. The van der Waals surface area contributed by atoms with Crippen LogP contribution in [0.4, 0.5) is 0 Å². The van der Waals surface area contributed by atoms with Crippen LogP contribution in [0.3, 0.4) is 0 Å². The van der Waals surface area contributed by atoms with Crippen molar-refractivity contribution >= 4 is 11.9 Å². The first-order valence-electron chi connectivity index (χ1n) is 6.40. The first kappa shape index (κ1) is 13.6. The highest BCUT2D eigenvalue weighted by Crippen LogP contribution is 2.15. The topological polar surface area (TPSA) is 82.6 Å². The molecule has 0 bridgehead atoms. The summed E-state index contributed by atoms with van der Waals surface area (Å²) in [5, 5.41) is 8.88. The first-order valence-corrected chi connectivity index (χ1v) is 6.40. The van der Waals surface area contributed by atoms with Crippen molar-refractivity contribution < 1.29 is 19.4 Å². The minimum atomic E-state index is -0.922. The maximum Gasteiger partial charge on any atom is 0.305 e. The maximum atomic E-state index is 12.4. The smallest absolute Gasteiger partial charge is 0.305 e. The lowest BCUT2D eigenvalue weighted by Gasteiger charge is -2.34. The highest BCUT2D eigenvalue weighted by molar-refractivity contribution is 5.93. The standard InChI is InChI=1S/C13H18N2O4/c1-2-9-3-4-11(14-9)13(18)15-5-6-19-8-10(15)7-12(16)17/h3-4,10,14H,2,5-8H2,1H3,(H,16,17). The number of aryl methyl sites for hydroxylation is 1. The molecule has 19 heavy (non-hydrogen) atoms. The fourth-order valence-corrected chi connectivity index (χ4v) is 2.22. The number of morpholine rings is 1. The molecule has 0 aromatic carbocycles. The molecule has 2 heterocycles. The Bertz CT molecular complexity index is 469. The third-order valence-corrected chi connectivity index (χ3v) is 3.26. The van der Waals surface area contributed by atoms with Gasteiger partial charge in [0.1, 0.15) is 5.69 Å². The van der Waals surface area contributed by atoms with Gasteiger partial charge >= 0.3 is 5.97 Å². The van der Waals surface area contributed by atoms with Crippen molar-refractivity contribution in [3.8, 4) is 0 Å².